The highest BCUT2D eigenvalue weighted by Crippen LogP contribution is 2.42. The maximum Gasteiger partial charge on any atom is 0.408 e. The molecule has 222 valence electrons. The first kappa shape index (κ1) is 31.4. The zero-order chi connectivity index (χ0) is 29.2. The largest absolute Gasteiger partial charge is 0.467 e. The fourth-order valence-electron chi connectivity index (χ4n) is 4.93. The van der Waals surface area contributed by atoms with Gasteiger partial charge in [-0.25, -0.2) is 22.7 Å². The van der Waals surface area contributed by atoms with Crippen molar-refractivity contribution >= 4 is 33.7 Å². The predicted molar refractivity (Wildman–Crippen MR) is 151 cm³/mol. The Morgan fingerprint density at radius 2 is 1.80 bits per heavy atom. The highest BCUT2D eigenvalue weighted by atomic mass is 32.2. The van der Waals surface area contributed by atoms with Gasteiger partial charge in [0.05, 0.1) is 12.8 Å². The molecule has 0 heterocycles. The van der Waals surface area contributed by atoms with Crippen molar-refractivity contribution in [2.24, 2.45) is 11.7 Å². The summed E-state index contributed by atoms with van der Waals surface area (Å²) in [6, 6.07) is 5.66. The third kappa shape index (κ3) is 8.69. The zero-order valence-electron chi connectivity index (χ0n) is 23.2. The van der Waals surface area contributed by atoms with Gasteiger partial charge in [0.1, 0.15) is 22.6 Å². The van der Waals surface area contributed by atoms with Gasteiger partial charge in [-0.2, -0.15) is 0 Å². The Labute approximate surface area is 236 Å². The number of benzene rings is 1. The minimum Gasteiger partial charge on any atom is -0.467 e. The molecule has 11 nitrogen and oxygen atoms in total. The Morgan fingerprint density at radius 3 is 2.48 bits per heavy atom. The number of unbranched alkanes of at least 4 members (excludes halogenated alkanes) is 4. The van der Waals surface area contributed by atoms with E-state index in [2.05, 4.69) is 21.9 Å². The first-order valence-electron chi connectivity index (χ1n) is 14.0. The van der Waals surface area contributed by atoms with Crippen LogP contribution in [0.25, 0.3) is 0 Å². The monoisotopic (exact) mass is 578 g/mol. The van der Waals surface area contributed by atoms with Gasteiger partial charge in [0.2, 0.25) is 0 Å². The van der Waals surface area contributed by atoms with Crippen LogP contribution in [-0.2, 0) is 29.1 Å². The van der Waals surface area contributed by atoms with E-state index in [1.54, 1.807) is 24.3 Å². The molecule has 3 atom stereocenters. The number of hydrogen-bond acceptors (Lipinski definition) is 9. The normalized spacial score (nSPS) is 21.2. The number of nitrogens with two attached hydrogens (primary N) is 1. The number of methoxy groups -OCH3 is 1. The first-order chi connectivity index (χ1) is 19.1. The molecule has 2 saturated carbocycles. The molecule has 1 aromatic rings. The summed E-state index contributed by atoms with van der Waals surface area (Å²) < 4.78 is 38.1. The van der Waals surface area contributed by atoms with Crippen LogP contribution < -0.4 is 21.1 Å². The van der Waals surface area contributed by atoms with E-state index in [4.69, 9.17) is 15.2 Å². The highest BCUT2D eigenvalue weighted by Gasteiger charge is 2.56. The minimum absolute atomic E-state index is 0.0180. The molecule has 12 heteroatoms. The van der Waals surface area contributed by atoms with E-state index in [0.717, 1.165) is 57.8 Å². The van der Waals surface area contributed by atoms with Gasteiger partial charge < -0.3 is 25.8 Å². The molecule has 0 aromatic heterocycles. The number of carbonyl (C=O) groups excluding carboxylic acids is 3. The van der Waals surface area contributed by atoms with Gasteiger partial charge in [-0.3, -0.25) is 4.79 Å². The molecule has 0 aliphatic heterocycles. The average molecular weight is 579 g/mol. The van der Waals surface area contributed by atoms with Crippen LogP contribution in [0.1, 0.15) is 70.6 Å². The van der Waals surface area contributed by atoms with Crippen LogP contribution in [0.15, 0.2) is 41.8 Å². The lowest BCUT2D eigenvalue weighted by Crippen LogP contribution is -2.46. The molecule has 5 N–H and O–H groups in total. The number of alkyl carbamates (subject to hydrolysis) is 1. The van der Waals surface area contributed by atoms with E-state index < -0.39 is 39.6 Å². The quantitative estimate of drug-likeness (QED) is 0.131. The van der Waals surface area contributed by atoms with Crippen molar-refractivity contribution < 1.29 is 32.3 Å². The Bertz CT molecular complexity index is 1150. The molecule has 2 amide bonds. The third-order valence-corrected chi connectivity index (χ3v) is 8.90. The van der Waals surface area contributed by atoms with Crippen molar-refractivity contribution in [2.45, 2.75) is 93.2 Å². The number of carbonyl (C=O) groups is 3. The number of esters is 1. The van der Waals surface area contributed by atoms with Crippen molar-refractivity contribution in [3.05, 3.63) is 36.9 Å². The summed E-state index contributed by atoms with van der Waals surface area (Å²) in [5.74, 6) is -1.46. The van der Waals surface area contributed by atoms with E-state index in [0.29, 0.717) is 25.1 Å². The zero-order valence-corrected chi connectivity index (χ0v) is 24.0. The number of amides is 2. The average Bonchev–Trinajstić information content (AvgIpc) is 3.35. The molecule has 2 fully saturated rings. The molecule has 0 bridgehead atoms. The van der Waals surface area contributed by atoms with Crippen LogP contribution in [0.5, 0.6) is 0 Å². The number of nitrogens with one attached hydrogen (secondary N) is 3. The van der Waals surface area contributed by atoms with E-state index in [-0.39, 0.29) is 16.9 Å². The summed E-state index contributed by atoms with van der Waals surface area (Å²) in [4.78, 5) is 36.7. The van der Waals surface area contributed by atoms with Crippen LogP contribution in [0, 0.1) is 5.92 Å². The summed E-state index contributed by atoms with van der Waals surface area (Å²) in [5, 5.41) is 5.79. The first-order valence-corrected chi connectivity index (χ1v) is 15.5. The van der Waals surface area contributed by atoms with E-state index >= 15 is 0 Å². The van der Waals surface area contributed by atoms with Crippen molar-refractivity contribution in [2.75, 3.05) is 19.0 Å². The van der Waals surface area contributed by atoms with Gasteiger partial charge in [0, 0.05) is 12.5 Å². The van der Waals surface area contributed by atoms with Gasteiger partial charge >= 0.3 is 12.1 Å². The number of para-hydroxylation sites is 1. The number of rotatable bonds is 16. The van der Waals surface area contributed by atoms with Gasteiger partial charge in [-0.15, -0.1) is 6.58 Å². The molecular formula is C28H42N4O7S. The second kappa shape index (κ2) is 14.5. The fourth-order valence-corrected chi connectivity index (χ4v) is 6.16. The lowest BCUT2D eigenvalue weighted by molar-refractivity contribution is -0.143. The SMILES string of the molecule is C=C[C@@H]1C[C@]1(N)C(=O)NS(=O)(=O)c1ccccc1NCCCCCCC[C@H](NC(=O)OC1CCCC1)C(=O)OC. The van der Waals surface area contributed by atoms with Crippen LogP contribution >= 0.6 is 0 Å². The van der Waals surface area contributed by atoms with Crippen LogP contribution in [0.3, 0.4) is 0 Å². The lowest BCUT2D eigenvalue weighted by atomic mass is 10.1. The number of hydrogen-bond donors (Lipinski definition) is 4. The summed E-state index contributed by atoms with van der Waals surface area (Å²) in [5.41, 5.74) is 5.17. The molecule has 0 unspecified atom stereocenters. The van der Waals surface area contributed by atoms with E-state index in [1.165, 1.54) is 13.2 Å². The van der Waals surface area contributed by atoms with Gasteiger partial charge in [0.25, 0.3) is 15.9 Å². The molecule has 0 saturated heterocycles. The summed E-state index contributed by atoms with van der Waals surface area (Å²) >= 11 is 0. The fraction of sp³-hybridized carbons (Fsp3) is 0.607. The Balaban J connectivity index is 1.37. The second-order valence-corrected chi connectivity index (χ2v) is 12.2. The number of ether oxygens (including phenoxy) is 2. The lowest BCUT2D eigenvalue weighted by Gasteiger charge is -2.18. The van der Waals surface area contributed by atoms with Crippen molar-refractivity contribution in [3.8, 4) is 0 Å². The van der Waals surface area contributed by atoms with Crippen molar-refractivity contribution in [3.63, 3.8) is 0 Å². The molecular weight excluding hydrogens is 536 g/mol. The van der Waals surface area contributed by atoms with Gasteiger partial charge in [0.15, 0.2) is 0 Å². The topological polar surface area (TPSA) is 166 Å². The molecule has 3 rings (SSSR count). The van der Waals surface area contributed by atoms with Gasteiger partial charge in [-0.05, 0) is 57.1 Å². The van der Waals surface area contributed by atoms with Crippen molar-refractivity contribution in [1.29, 1.82) is 0 Å². The predicted octanol–water partition coefficient (Wildman–Crippen LogP) is 3.36. The van der Waals surface area contributed by atoms with E-state index in [9.17, 15) is 22.8 Å². The standard InChI is InChI=1S/C28H42N4O7S/c1-3-20-19-28(20,29)26(34)32-40(36,37)24-17-11-10-15-22(24)30-18-12-6-4-5-7-16-23(25(33)38-2)31-27(35)39-21-13-8-9-14-21/h3,10-11,15,17,20-21,23,30H,1,4-9,12-14,16,18-19,29H2,2H3,(H,31,35)(H,32,34)/t20-,23+,28-/m1/s1. The maximum atomic E-state index is 12.9. The molecule has 2 aliphatic carbocycles. The minimum atomic E-state index is -4.11. The van der Waals surface area contributed by atoms with E-state index in [1.807, 2.05) is 0 Å². The van der Waals surface area contributed by atoms with Crippen LogP contribution in [-0.4, -0.2) is 57.7 Å². The Kier molecular flexibility index (Phi) is 11.4. The number of sulfonamides is 1. The van der Waals surface area contributed by atoms with Gasteiger partial charge in [-0.1, -0.05) is 43.9 Å². The Hall–Kier alpha value is -3.12. The van der Waals surface area contributed by atoms with Crippen LogP contribution in [0.2, 0.25) is 0 Å². The maximum absolute atomic E-state index is 12.9. The molecule has 1 aromatic carbocycles. The molecule has 0 radical (unpaired) electrons. The van der Waals surface area contributed by atoms with Crippen molar-refractivity contribution in [1.82, 2.24) is 10.0 Å². The molecule has 2 aliphatic rings. The number of anilines is 1. The molecule has 0 spiro atoms. The Morgan fingerprint density at radius 1 is 1.12 bits per heavy atom. The summed E-state index contributed by atoms with van der Waals surface area (Å²) in [6.07, 6.45) is 9.70. The van der Waals surface area contributed by atoms with Crippen LogP contribution in [0.4, 0.5) is 10.5 Å². The summed E-state index contributed by atoms with van der Waals surface area (Å²) in [6.45, 7) is 4.16. The smallest absolute Gasteiger partial charge is 0.408 e. The summed E-state index contributed by atoms with van der Waals surface area (Å²) in [7, 11) is -2.81. The second-order valence-electron chi connectivity index (χ2n) is 10.5. The third-order valence-electron chi connectivity index (χ3n) is 7.51. The molecule has 40 heavy (non-hydrogen) atoms. The highest BCUT2D eigenvalue weighted by molar-refractivity contribution is 7.90.